The van der Waals surface area contributed by atoms with Gasteiger partial charge in [0.25, 0.3) is 0 Å². The second kappa shape index (κ2) is 11.6. The quantitative estimate of drug-likeness (QED) is 0.165. The van der Waals surface area contributed by atoms with Crippen molar-refractivity contribution in [2.75, 3.05) is 0 Å². The minimum Gasteiger partial charge on any atom is -0.0619 e. The molecule has 276 valence electrons. The highest BCUT2D eigenvalue weighted by molar-refractivity contribution is 6.07. The van der Waals surface area contributed by atoms with E-state index in [-0.39, 0.29) is 10.8 Å². The van der Waals surface area contributed by atoms with E-state index in [1.54, 1.807) is 0 Å². The first-order chi connectivity index (χ1) is 29.8. The number of hydrogen-bond donors (Lipinski definition) is 0. The Kier molecular flexibility index (Phi) is 6.25. The lowest BCUT2D eigenvalue weighted by Gasteiger charge is -2.31. The van der Waals surface area contributed by atoms with Crippen LogP contribution in [0.4, 0.5) is 0 Å². The molecule has 14 rings (SSSR count). The van der Waals surface area contributed by atoms with Crippen molar-refractivity contribution in [3.63, 3.8) is 0 Å². The van der Waals surface area contributed by atoms with Crippen molar-refractivity contribution in [1.82, 2.24) is 0 Å². The average molecular weight is 757 g/mol. The molecule has 0 aliphatic heterocycles. The first-order valence-corrected chi connectivity index (χ1v) is 21.2. The van der Waals surface area contributed by atoms with E-state index < -0.39 is 0 Å². The summed E-state index contributed by atoms with van der Waals surface area (Å²) in [6, 6.07) is 82.8. The van der Waals surface area contributed by atoms with Crippen LogP contribution in [-0.2, 0) is 10.8 Å². The van der Waals surface area contributed by atoms with Crippen LogP contribution in [0.5, 0.6) is 0 Å². The van der Waals surface area contributed by atoms with Gasteiger partial charge in [0.05, 0.1) is 10.8 Å². The number of fused-ring (bicyclic) bond motifs is 21. The Balaban J connectivity index is 0.975. The lowest BCUT2D eigenvalue weighted by atomic mass is 9.70. The van der Waals surface area contributed by atoms with Crippen molar-refractivity contribution in [2.24, 2.45) is 0 Å². The highest BCUT2D eigenvalue weighted by Gasteiger charge is 2.53. The molecule has 0 saturated carbocycles. The van der Waals surface area contributed by atoms with Crippen molar-refractivity contribution in [2.45, 2.75) is 10.8 Å². The van der Waals surface area contributed by atoms with Gasteiger partial charge in [-0.1, -0.05) is 206 Å². The molecule has 0 fully saturated rings. The molecule has 10 aromatic rings. The van der Waals surface area contributed by atoms with E-state index in [4.69, 9.17) is 0 Å². The van der Waals surface area contributed by atoms with E-state index >= 15 is 0 Å². The minimum absolute atomic E-state index is 0.375. The van der Waals surface area contributed by atoms with Gasteiger partial charge in [-0.15, -0.1) is 0 Å². The molecule has 0 heteroatoms. The molecule has 2 spiro atoms. The van der Waals surface area contributed by atoms with E-state index in [0.717, 1.165) is 0 Å². The number of benzene rings is 10. The van der Waals surface area contributed by atoms with Crippen LogP contribution in [0.3, 0.4) is 0 Å². The lowest BCUT2D eigenvalue weighted by Crippen LogP contribution is -2.25. The molecule has 60 heavy (non-hydrogen) atoms. The summed E-state index contributed by atoms with van der Waals surface area (Å²) in [7, 11) is 0. The molecular weight excluding hydrogens is 721 g/mol. The van der Waals surface area contributed by atoms with Crippen LogP contribution in [0, 0.1) is 0 Å². The molecule has 4 aliphatic carbocycles. The van der Waals surface area contributed by atoms with Gasteiger partial charge < -0.3 is 0 Å². The van der Waals surface area contributed by atoms with Crippen LogP contribution < -0.4 is 0 Å². The van der Waals surface area contributed by atoms with E-state index in [1.165, 1.54) is 122 Å². The van der Waals surface area contributed by atoms with Gasteiger partial charge in [-0.2, -0.15) is 0 Å². The zero-order valence-corrected chi connectivity index (χ0v) is 32.8. The highest BCUT2D eigenvalue weighted by Crippen LogP contribution is 2.65. The van der Waals surface area contributed by atoms with Crippen molar-refractivity contribution >= 4 is 10.8 Å². The molecule has 0 heterocycles. The van der Waals surface area contributed by atoms with E-state index in [9.17, 15) is 0 Å². The summed E-state index contributed by atoms with van der Waals surface area (Å²) in [6.07, 6.45) is 0. The summed E-state index contributed by atoms with van der Waals surface area (Å²) in [4.78, 5) is 0. The predicted octanol–water partition coefficient (Wildman–Crippen LogP) is 14.9. The normalized spacial score (nSPS) is 14.6. The molecule has 0 aromatic heterocycles. The molecule has 0 N–H and O–H groups in total. The molecule has 0 radical (unpaired) electrons. The summed E-state index contributed by atoms with van der Waals surface area (Å²) in [5.41, 5.74) is 25.9. The Morgan fingerprint density at radius 2 is 0.417 bits per heavy atom. The molecule has 0 saturated heterocycles. The minimum atomic E-state index is -0.375. The smallest absolute Gasteiger partial charge is 0.0619 e. The standard InChI is InChI=1S/C60H36/c1-2-16-42-40(38-30-32-50-48-22-8-14-28-56(48)60(58(50)36-38)53-25-11-5-19-45(53)46-20-6-12-26-54(46)60)34-33-39(41(42)15-1)37-29-31-49-47-21-7-13-27-55(47)59(57(49)35-37)51-23-9-3-17-43(51)44-18-4-10-24-52(44)59/h1-36H. The second-order valence-electron chi connectivity index (χ2n) is 17.0. The maximum absolute atomic E-state index is 2.51. The van der Waals surface area contributed by atoms with Gasteiger partial charge in [-0.05, 0) is 134 Å². The SMILES string of the molecule is c1ccc2c(c1)-c1ccccc1C21c2ccccc2-c2ccc(-c3ccc(-c4ccc5c(c4)C4(c6ccccc6-c6ccccc64)c4ccccc4-5)c4ccccc34)cc21. The van der Waals surface area contributed by atoms with Crippen molar-refractivity contribution in [3.05, 3.63) is 263 Å². The van der Waals surface area contributed by atoms with Gasteiger partial charge in [0, 0.05) is 0 Å². The number of hydrogen-bond acceptors (Lipinski definition) is 0. The Morgan fingerprint density at radius 3 is 0.717 bits per heavy atom. The van der Waals surface area contributed by atoms with Gasteiger partial charge in [0.2, 0.25) is 0 Å². The second-order valence-corrected chi connectivity index (χ2v) is 17.0. The summed E-state index contributed by atoms with van der Waals surface area (Å²) in [5, 5.41) is 2.53. The van der Waals surface area contributed by atoms with E-state index in [1.807, 2.05) is 0 Å². The largest absolute Gasteiger partial charge is 0.0725 e. The van der Waals surface area contributed by atoms with E-state index in [2.05, 4.69) is 218 Å². The number of rotatable bonds is 2. The molecule has 0 nitrogen and oxygen atoms in total. The van der Waals surface area contributed by atoms with Gasteiger partial charge in [0.1, 0.15) is 0 Å². The van der Waals surface area contributed by atoms with Crippen LogP contribution in [0.2, 0.25) is 0 Å². The fourth-order valence-corrected chi connectivity index (χ4v) is 12.3. The van der Waals surface area contributed by atoms with Crippen LogP contribution in [0.15, 0.2) is 218 Å². The van der Waals surface area contributed by atoms with E-state index in [0.29, 0.717) is 0 Å². The first kappa shape index (κ1) is 32.4. The zero-order chi connectivity index (χ0) is 39.2. The van der Waals surface area contributed by atoms with Gasteiger partial charge in [0.15, 0.2) is 0 Å². The Morgan fingerprint density at radius 1 is 0.183 bits per heavy atom. The molecule has 10 aromatic carbocycles. The molecular formula is C60H36. The first-order valence-electron chi connectivity index (χ1n) is 21.2. The molecule has 0 amide bonds. The van der Waals surface area contributed by atoms with Crippen molar-refractivity contribution in [3.8, 4) is 66.8 Å². The maximum atomic E-state index is 2.51. The van der Waals surface area contributed by atoms with Gasteiger partial charge >= 0.3 is 0 Å². The third kappa shape index (κ3) is 3.79. The van der Waals surface area contributed by atoms with Crippen molar-refractivity contribution in [1.29, 1.82) is 0 Å². The summed E-state index contributed by atoms with van der Waals surface area (Å²) >= 11 is 0. The highest BCUT2D eigenvalue weighted by atomic mass is 14.5. The Hall–Kier alpha value is -7.54. The van der Waals surface area contributed by atoms with Crippen LogP contribution in [-0.4, -0.2) is 0 Å². The topological polar surface area (TPSA) is 0 Å². The predicted molar refractivity (Wildman–Crippen MR) is 247 cm³/mol. The molecule has 4 aliphatic rings. The van der Waals surface area contributed by atoms with Crippen LogP contribution >= 0.6 is 0 Å². The third-order valence-corrected chi connectivity index (χ3v) is 14.5. The van der Waals surface area contributed by atoms with Crippen LogP contribution in [0.1, 0.15) is 44.5 Å². The summed E-state index contributed by atoms with van der Waals surface area (Å²) < 4.78 is 0. The fraction of sp³-hybridized carbons (Fsp3) is 0.0333. The fourth-order valence-electron chi connectivity index (χ4n) is 12.3. The average Bonchev–Trinajstić information content (AvgIpc) is 4.00. The summed E-state index contributed by atoms with van der Waals surface area (Å²) in [6.45, 7) is 0. The zero-order valence-electron chi connectivity index (χ0n) is 32.8. The Bertz CT molecular complexity index is 3150. The molecule has 0 atom stereocenters. The van der Waals surface area contributed by atoms with Crippen molar-refractivity contribution < 1.29 is 0 Å². The Labute approximate surface area is 349 Å². The van der Waals surface area contributed by atoms with Gasteiger partial charge in [-0.25, -0.2) is 0 Å². The summed E-state index contributed by atoms with van der Waals surface area (Å²) in [5.74, 6) is 0. The lowest BCUT2D eigenvalue weighted by molar-refractivity contribution is 0.794. The monoisotopic (exact) mass is 756 g/mol. The van der Waals surface area contributed by atoms with Crippen LogP contribution in [0.25, 0.3) is 77.5 Å². The molecule has 0 unspecified atom stereocenters. The third-order valence-electron chi connectivity index (χ3n) is 14.5. The molecule has 0 bridgehead atoms. The van der Waals surface area contributed by atoms with Gasteiger partial charge in [-0.3, -0.25) is 0 Å². The maximum Gasteiger partial charge on any atom is 0.0725 e.